The number of carbonyl (C=O) groups excluding carboxylic acids is 2. The number of carbonyl (C=O) groups is 2. The molecule has 3 rings (SSSR count). The number of nitrogens with zero attached hydrogens (tertiary/aromatic N) is 1. The minimum Gasteiger partial charge on any atom is -0.462 e. The molecule has 0 aromatic heterocycles. The number of aryl methyl sites for hydroxylation is 1. The predicted molar refractivity (Wildman–Crippen MR) is 102 cm³/mol. The topological polar surface area (TPSA) is 55.7 Å². The predicted octanol–water partition coefficient (Wildman–Crippen LogP) is 4.52. The Hall–Kier alpha value is -2.23. The Morgan fingerprint density at radius 1 is 1.15 bits per heavy atom. The molecule has 0 unspecified atom stereocenters. The average molecular weight is 353 g/mol. The largest absolute Gasteiger partial charge is 0.462 e. The number of esters is 1. The maximum Gasteiger partial charge on any atom is 0.336 e. The summed E-state index contributed by atoms with van der Waals surface area (Å²) >= 11 is 0. The molecule has 0 saturated heterocycles. The molecule has 1 fully saturated rings. The molecule has 0 N–H and O–H groups in total. The highest BCUT2D eigenvalue weighted by atomic mass is 16.5. The summed E-state index contributed by atoms with van der Waals surface area (Å²) in [6.07, 6.45) is 4.04. The Kier molecular flexibility index (Phi) is 5.70. The van der Waals surface area contributed by atoms with E-state index in [2.05, 4.69) is 11.9 Å². The molecule has 1 saturated carbocycles. The molecule has 1 aliphatic heterocycles. The number of rotatable bonds is 5. The monoisotopic (exact) mass is 353 g/mol. The number of aliphatic imine (C=N–C) groups is 1. The van der Waals surface area contributed by atoms with Gasteiger partial charge >= 0.3 is 5.97 Å². The van der Waals surface area contributed by atoms with Crippen molar-refractivity contribution in [3.8, 4) is 0 Å². The second-order valence-electron chi connectivity index (χ2n) is 7.28. The van der Waals surface area contributed by atoms with Crippen LogP contribution in [0.4, 0.5) is 0 Å². The van der Waals surface area contributed by atoms with Gasteiger partial charge in [-0.05, 0) is 38.7 Å². The fourth-order valence-electron chi connectivity index (χ4n) is 3.91. The summed E-state index contributed by atoms with van der Waals surface area (Å²) < 4.78 is 5.51. The first-order valence-corrected chi connectivity index (χ1v) is 9.57. The maximum absolute atomic E-state index is 12.9. The first-order chi connectivity index (χ1) is 12.5. The summed E-state index contributed by atoms with van der Waals surface area (Å²) in [4.78, 5) is 30.3. The number of benzene rings is 1. The highest BCUT2D eigenvalue weighted by Gasteiger charge is 2.43. The molecule has 4 heteroatoms. The van der Waals surface area contributed by atoms with Gasteiger partial charge in [-0.2, -0.15) is 0 Å². The Balaban J connectivity index is 2.03. The minimum atomic E-state index is -0.331. The third-order valence-electron chi connectivity index (χ3n) is 5.29. The van der Waals surface area contributed by atoms with Crippen molar-refractivity contribution in [2.24, 2.45) is 10.9 Å². The molecule has 0 spiro atoms. The summed E-state index contributed by atoms with van der Waals surface area (Å²) in [7, 11) is 0. The summed E-state index contributed by atoms with van der Waals surface area (Å²) in [5, 5.41) is 0. The van der Waals surface area contributed by atoms with Gasteiger partial charge in [-0.15, -0.1) is 0 Å². The SMILES string of the molecule is CCCCOC(=O)C1=C(C)N=C2CCCC(=O)[C@H]2[C@@H]1c1ccc(C)cc1. The molecule has 0 bridgehead atoms. The van der Waals surface area contributed by atoms with Crippen molar-refractivity contribution in [2.75, 3.05) is 6.61 Å². The molecule has 2 aliphatic rings. The van der Waals surface area contributed by atoms with Crippen molar-refractivity contribution in [1.82, 2.24) is 0 Å². The van der Waals surface area contributed by atoms with E-state index in [0.717, 1.165) is 42.5 Å². The molecule has 4 nitrogen and oxygen atoms in total. The lowest BCUT2D eigenvalue weighted by Crippen LogP contribution is -2.39. The molecular weight excluding hydrogens is 326 g/mol. The Bertz CT molecular complexity index is 758. The molecule has 0 amide bonds. The number of hydrogen-bond acceptors (Lipinski definition) is 4. The van der Waals surface area contributed by atoms with Gasteiger partial charge in [-0.1, -0.05) is 43.2 Å². The molecular formula is C22H27NO3. The van der Waals surface area contributed by atoms with Gasteiger partial charge < -0.3 is 4.74 Å². The van der Waals surface area contributed by atoms with Crippen molar-refractivity contribution < 1.29 is 14.3 Å². The van der Waals surface area contributed by atoms with Gasteiger partial charge in [-0.25, -0.2) is 4.79 Å². The van der Waals surface area contributed by atoms with E-state index < -0.39 is 0 Å². The van der Waals surface area contributed by atoms with Crippen molar-refractivity contribution in [1.29, 1.82) is 0 Å². The van der Waals surface area contributed by atoms with E-state index >= 15 is 0 Å². The molecule has 1 aliphatic carbocycles. The van der Waals surface area contributed by atoms with E-state index in [0.29, 0.717) is 24.3 Å². The number of Topliss-reactive ketones (excluding diaryl/α,β-unsaturated/α-hetero) is 1. The van der Waals surface area contributed by atoms with E-state index in [4.69, 9.17) is 4.74 Å². The Labute approximate surface area is 155 Å². The smallest absolute Gasteiger partial charge is 0.336 e. The summed E-state index contributed by atoms with van der Waals surface area (Å²) in [5.74, 6) is -0.761. The van der Waals surface area contributed by atoms with E-state index in [9.17, 15) is 9.59 Å². The number of unbranched alkanes of at least 4 members (excludes halogenated alkanes) is 1. The standard InChI is InChI=1S/C22H27NO3/c1-4-5-13-26-22(25)19-15(3)23-17-7-6-8-18(24)21(17)20(19)16-11-9-14(2)10-12-16/h9-12,20-21H,4-8,13H2,1-3H3/t20-,21+/m1/s1. The average Bonchev–Trinajstić information content (AvgIpc) is 2.61. The fraction of sp³-hybridized carbons (Fsp3) is 0.500. The van der Waals surface area contributed by atoms with Crippen LogP contribution in [0.2, 0.25) is 0 Å². The van der Waals surface area contributed by atoms with Gasteiger partial charge in [0.25, 0.3) is 0 Å². The van der Waals surface area contributed by atoms with Gasteiger partial charge in [0.15, 0.2) is 0 Å². The van der Waals surface area contributed by atoms with E-state index in [-0.39, 0.29) is 23.6 Å². The van der Waals surface area contributed by atoms with Crippen LogP contribution in [0.5, 0.6) is 0 Å². The van der Waals surface area contributed by atoms with Crippen LogP contribution in [0.15, 0.2) is 40.5 Å². The van der Waals surface area contributed by atoms with Crippen LogP contribution >= 0.6 is 0 Å². The first-order valence-electron chi connectivity index (χ1n) is 9.57. The lowest BCUT2D eigenvalue weighted by atomic mass is 9.69. The first kappa shape index (κ1) is 18.6. The van der Waals surface area contributed by atoms with E-state index in [1.54, 1.807) is 0 Å². The number of ether oxygens (including phenoxy) is 1. The second-order valence-corrected chi connectivity index (χ2v) is 7.28. The zero-order valence-corrected chi connectivity index (χ0v) is 15.9. The summed E-state index contributed by atoms with van der Waals surface area (Å²) in [5.41, 5.74) is 4.31. The van der Waals surface area contributed by atoms with Crippen LogP contribution in [0.1, 0.15) is 63.0 Å². The van der Waals surface area contributed by atoms with Crippen LogP contribution in [-0.4, -0.2) is 24.1 Å². The Morgan fingerprint density at radius 3 is 2.58 bits per heavy atom. The van der Waals surface area contributed by atoms with Crippen LogP contribution in [-0.2, 0) is 14.3 Å². The quantitative estimate of drug-likeness (QED) is 0.578. The van der Waals surface area contributed by atoms with Gasteiger partial charge in [0.1, 0.15) is 5.78 Å². The van der Waals surface area contributed by atoms with E-state index in [1.165, 1.54) is 0 Å². The highest BCUT2D eigenvalue weighted by molar-refractivity contribution is 6.11. The van der Waals surface area contributed by atoms with Crippen molar-refractivity contribution in [3.63, 3.8) is 0 Å². The fourth-order valence-corrected chi connectivity index (χ4v) is 3.91. The lowest BCUT2D eigenvalue weighted by Gasteiger charge is -2.35. The third-order valence-corrected chi connectivity index (χ3v) is 5.29. The maximum atomic E-state index is 12.9. The molecule has 138 valence electrons. The number of hydrogen-bond donors (Lipinski definition) is 0. The second kappa shape index (κ2) is 7.98. The van der Waals surface area contributed by atoms with Crippen molar-refractivity contribution >= 4 is 17.5 Å². The molecule has 2 atom stereocenters. The normalized spacial score (nSPS) is 22.7. The minimum absolute atomic E-state index is 0.187. The number of allylic oxidation sites excluding steroid dienone is 1. The van der Waals surface area contributed by atoms with Gasteiger partial charge in [0, 0.05) is 23.7 Å². The molecule has 0 radical (unpaired) electrons. The van der Waals surface area contributed by atoms with Gasteiger partial charge in [0.05, 0.1) is 18.1 Å². The van der Waals surface area contributed by atoms with Crippen LogP contribution in [0, 0.1) is 12.8 Å². The van der Waals surface area contributed by atoms with E-state index in [1.807, 2.05) is 38.1 Å². The molecule has 26 heavy (non-hydrogen) atoms. The van der Waals surface area contributed by atoms with Crippen molar-refractivity contribution in [2.45, 2.75) is 58.8 Å². The highest BCUT2D eigenvalue weighted by Crippen LogP contribution is 2.43. The van der Waals surface area contributed by atoms with Gasteiger partial charge in [0.2, 0.25) is 0 Å². The molecule has 1 aromatic carbocycles. The lowest BCUT2D eigenvalue weighted by molar-refractivity contribution is -0.139. The Morgan fingerprint density at radius 2 is 1.88 bits per heavy atom. The summed E-state index contributed by atoms with van der Waals surface area (Å²) in [6.45, 7) is 6.36. The van der Waals surface area contributed by atoms with Crippen LogP contribution < -0.4 is 0 Å². The number of ketones is 1. The zero-order chi connectivity index (χ0) is 18.7. The summed E-state index contributed by atoms with van der Waals surface area (Å²) in [6, 6.07) is 8.11. The zero-order valence-electron chi connectivity index (χ0n) is 15.9. The van der Waals surface area contributed by atoms with Gasteiger partial charge in [-0.3, -0.25) is 9.79 Å². The number of fused-ring (bicyclic) bond motifs is 1. The molecule has 1 aromatic rings. The molecule has 1 heterocycles. The van der Waals surface area contributed by atoms with Crippen LogP contribution in [0.25, 0.3) is 0 Å². The van der Waals surface area contributed by atoms with Crippen LogP contribution in [0.3, 0.4) is 0 Å². The third kappa shape index (κ3) is 3.64. The van der Waals surface area contributed by atoms with Crippen molar-refractivity contribution in [3.05, 3.63) is 46.7 Å².